The minimum atomic E-state index is -0.218. The fourth-order valence-corrected chi connectivity index (χ4v) is 2.49. The number of hydrogen-bond acceptors (Lipinski definition) is 3. The number of rotatable bonds is 7. The lowest BCUT2D eigenvalue weighted by Gasteiger charge is -2.14. The summed E-state index contributed by atoms with van der Waals surface area (Å²) in [6.45, 7) is 6.66. The van der Waals surface area contributed by atoms with Crippen LogP contribution >= 0.6 is 11.6 Å². The molecule has 0 aliphatic rings. The average Bonchev–Trinajstić information content (AvgIpc) is 2.60. The lowest BCUT2D eigenvalue weighted by atomic mass is 10.1. The van der Waals surface area contributed by atoms with E-state index in [0.717, 1.165) is 16.8 Å². The average molecular weight is 374 g/mol. The summed E-state index contributed by atoms with van der Waals surface area (Å²) >= 11 is 6.32. The Hall–Kier alpha value is -2.46. The van der Waals surface area contributed by atoms with Gasteiger partial charge in [0.25, 0.3) is 0 Å². The number of carbonyl (C=O) groups is 1. The molecular formula is C21H24ClNO3. The van der Waals surface area contributed by atoms with Crippen molar-refractivity contribution in [2.24, 2.45) is 5.92 Å². The lowest BCUT2D eigenvalue weighted by Crippen LogP contribution is -2.07. The van der Waals surface area contributed by atoms with E-state index in [0.29, 0.717) is 29.0 Å². The summed E-state index contributed by atoms with van der Waals surface area (Å²) in [5, 5.41) is 3.26. The third-order valence-electron chi connectivity index (χ3n) is 3.56. The first kappa shape index (κ1) is 19.9. The van der Waals surface area contributed by atoms with Crippen LogP contribution in [0.2, 0.25) is 5.02 Å². The van der Waals surface area contributed by atoms with E-state index in [9.17, 15) is 4.79 Å². The Kier molecular flexibility index (Phi) is 7.10. The zero-order valence-corrected chi connectivity index (χ0v) is 16.3. The molecule has 0 spiro atoms. The van der Waals surface area contributed by atoms with Crippen molar-refractivity contribution in [1.82, 2.24) is 0 Å². The van der Waals surface area contributed by atoms with Gasteiger partial charge < -0.3 is 14.8 Å². The summed E-state index contributed by atoms with van der Waals surface area (Å²) in [5.41, 5.74) is 2.64. The van der Waals surface area contributed by atoms with Crippen LogP contribution in [0.15, 0.2) is 42.5 Å². The number of benzene rings is 2. The van der Waals surface area contributed by atoms with E-state index in [1.807, 2.05) is 31.2 Å². The fraction of sp³-hybridized carbons (Fsp3) is 0.286. The largest absolute Gasteiger partial charge is 0.493 e. The highest BCUT2D eigenvalue weighted by atomic mass is 35.5. The number of carbonyl (C=O) groups excluding carboxylic acids is 1. The Morgan fingerprint density at radius 3 is 2.54 bits per heavy atom. The van der Waals surface area contributed by atoms with Gasteiger partial charge in [0.1, 0.15) is 0 Å². The zero-order chi connectivity index (χ0) is 19.1. The maximum absolute atomic E-state index is 12.1. The number of nitrogens with one attached hydrogen (secondary N) is 1. The van der Waals surface area contributed by atoms with Crippen LogP contribution in [0.3, 0.4) is 0 Å². The Bertz CT molecular complexity index is 783. The molecule has 0 aliphatic carbocycles. The second-order valence-electron chi connectivity index (χ2n) is 6.43. The first-order chi connectivity index (χ1) is 12.4. The van der Waals surface area contributed by atoms with E-state index in [1.165, 1.54) is 6.08 Å². The first-order valence-electron chi connectivity index (χ1n) is 8.45. The molecule has 0 bridgehead atoms. The quantitative estimate of drug-likeness (QED) is 0.666. The van der Waals surface area contributed by atoms with Gasteiger partial charge in [0, 0.05) is 11.8 Å². The Labute approximate surface area is 159 Å². The topological polar surface area (TPSA) is 47.6 Å². The van der Waals surface area contributed by atoms with Gasteiger partial charge in [-0.25, -0.2) is 0 Å². The molecule has 2 rings (SSSR count). The van der Waals surface area contributed by atoms with E-state index in [-0.39, 0.29) is 5.91 Å². The van der Waals surface area contributed by atoms with Crippen LogP contribution in [0.25, 0.3) is 6.08 Å². The molecule has 2 aromatic carbocycles. The molecule has 1 amide bonds. The van der Waals surface area contributed by atoms with Gasteiger partial charge in [-0.2, -0.15) is 0 Å². The van der Waals surface area contributed by atoms with Gasteiger partial charge in [0.2, 0.25) is 5.91 Å². The highest BCUT2D eigenvalue weighted by molar-refractivity contribution is 6.32. The molecule has 0 atom stereocenters. The van der Waals surface area contributed by atoms with Crippen molar-refractivity contribution in [3.63, 3.8) is 0 Å². The third kappa shape index (κ3) is 5.81. The summed E-state index contributed by atoms with van der Waals surface area (Å²) in [6, 6.07) is 11.1. The fourth-order valence-electron chi connectivity index (χ4n) is 2.22. The minimum absolute atomic E-state index is 0.218. The van der Waals surface area contributed by atoms with Crippen LogP contribution in [0.1, 0.15) is 25.0 Å². The molecule has 0 saturated heterocycles. The maximum Gasteiger partial charge on any atom is 0.248 e. The van der Waals surface area contributed by atoms with Crippen molar-refractivity contribution < 1.29 is 14.3 Å². The Balaban J connectivity index is 2.10. The van der Waals surface area contributed by atoms with Crippen molar-refractivity contribution in [3.8, 4) is 11.5 Å². The zero-order valence-electron chi connectivity index (χ0n) is 15.5. The number of methoxy groups -OCH3 is 1. The second-order valence-corrected chi connectivity index (χ2v) is 6.83. The van der Waals surface area contributed by atoms with Gasteiger partial charge in [-0.1, -0.05) is 43.1 Å². The normalized spacial score (nSPS) is 11.0. The number of hydrogen-bond donors (Lipinski definition) is 1. The maximum atomic E-state index is 12.1. The van der Waals surface area contributed by atoms with Crippen molar-refractivity contribution >= 4 is 29.3 Å². The summed E-state index contributed by atoms with van der Waals surface area (Å²) in [6.07, 6.45) is 3.14. The standard InChI is InChI=1S/C21H24ClNO3/c1-14(2)13-26-21-18(22)11-16(12-19(21)25-4)7-10-20(24)23-17-8-5-15(3)6-9-17/h5-12,14H,13H2,1-4H3,(H,23,24)/b10-7+. The summed E-state index contributed by atoms with van der Waals surface area (Å²) in [5.74, 6) is 1.21. The lowest BCUT2D eigenvalue weighted by molar-refractivity contribution is -0.111. The molecule has 0 heterocycles. The first-order valence-corrected chi connectivity index (χ1v) is 8.83. The molecule has 2 aromatic rings. The number of halogens is 1. The van der Waals surface area contributed by atoms with E-state index in [2.05, 4.69) is 19.2 Å². The summed E-state index contributed by atoms with van der Waals surface area (Å²) in [7, 11) is 1.56. The van der Waals surface area contributed by atoms with E-state index in [1.54, 1.807) is 25.3 Å². The highest BCUT2D eigenvalue weighted by Gasteiger charge is 2.12. The van der Waals surface area contributed by atoms with Crippen LogP contribution in [0.4, 0.5) is 5.69 Å². The van der Waals surface area contributed by atoms with Gasteiger partial charge in [-0.15, -0.1) is 0 Å². The van der Waals surface area contributed by atoms with E-state index < -0.39 is 0 Å². The molecule has 0 aliphatic heterocycles. The Morgan fingerprint density at radius 1 is 1.23 bits per heavy atom. The minimum Gasteiger partial charge on any atom is -0.493 e. The second kappa shape index (κ2) is 9.30. The molecule has 0 aromatic heterocycles. The van der Waals surface area contributed by atoms with Crippen LogP contribution < -0.4 is 14.8 Å². The predicted octanol–water partition coefficient (Wildman–Crippen LogP) is 5.34. The van der Waals surface area contributed by atoms with Crippen LogP contribution in [0, 0.1) is 12.8 Å². The molecule has 5 heteroatoms. The number of anilines is 1. The molecule has 0 fully saturated rings. The van der Waals surface area contributed by atoms with Gasteiger partial charge in [-0.05, 0) is 48.7 Å². The van der Waals surface area contributed by atoms with Gasteiger partial charge >= 0.3 is 0 Å². The van der Waals surface area contributed by atoms with Crippen molar-refractivity contribution in [3.05, 3.63) is 58.6 Å². The molecule has 1 N–H and O–H groups in total. The van der Waals surface area contributed by atoms with Crippen molar-refractivity contribution in [1.29, 1.82) is 0 Å². The van der Waals surface area contributed by atoms with E-state index in [4.69, 9.17) is 21.1 Å². The predicted molar refractivity (Wildman–Crippen MR) is 107 cm³/mol. The smallest absolute Gasteiger partial charge is 0.248 e. The SMILES string of the molecule is COc1cc(/C=C/C(=O)Nc2ccc(C)cc2)cc(Cl)c1OCC(C)C. The summed E-state index contributed by atoms with van der Waals surface area (Å²) < 4.78 is 11.1. The molecule has 138 valence electrons. The summed E-state index contributed by atoms with van der Waals surface area (Å²) in [4.78, 5) is 12.1. The molecule has 4 nitrogen and oxygen atoms in total. The monoisotopic (exact) mass is 373 g/mol. The Morgan fingerprint density at radius 2 is 1.92 bits per heavy atom. The number of aryl methyl sites for hydroxylation is 1. The molecule has 0 radical (unpaired) electrons. The molecule has 0 saturated carbocycles. The van der Waals surface area contributed by atoms with Crippen LogP contribution in [-0.2, 0) is 4.79 Å². The van der Waals surface area contributed by atoms with Gasteiger partial charge in [-0.3, -0.25) is 4.79 Å². The van der Waals surface area contributed by atoms with Gasteiger partial charge in [0.15, 0.2) is 11.5 Å². The molecule has 26 heavy (non-hydrogen) atoms. The van der Waals surface area contributed by atoms with Crippen molar-refractivity contribution in [2.45, 2.75) is 20.8 Å². The number of ether oxygens (including phenoxy) is 2. The van der Waals surface area contributed by atoms with Crippen LogP contribution in [-0.4, -0.2) is 19.6 Å². The molecular weight excluding hydrogens is 350 g/mol. The number of amides is 1. The third-order valence-corrected chi connectivity index (χ3v) is 3.84. The van der Waals surface area contributed by atoms with Gasteiger partial charge in [0.05, 0.1) is 18.7 Å². The van der Waals surface area contributed by atoms with E-state index >= 15 is 0 Å². The molecule has 0 unspecified atom stereocenters. The van der Waals surface area contributed by atoms with Crippen LogP contribution in [0.5, 0.6) is 11.5 Å². The van der Waals surface area contributed by atoms with Crippen molar-refractivity contribution in [2.75, 3.05) is 19.0 Å². The highest BCUT2D eigenvalue weighted by Crippen LogP contribution is 2.37.